The van der Waals surface area contributed by atoms with Crippen molar-refractivity contribution in [2.75, 3.05) is 6.54 Å². The van der Waals surface area contributed by atoms with Gasteiger partial charge in [0.25, 0.3) is 0 Å². The van der Waals surface area contributed by atoms with Gasteiger partial charge in [-0.05, 0) is 39.0 Å². The van der Waals surface area contributed by atoms with Crippen LogP contribution in [-0.2, 0) is 4.84 Å². The lowest BCUT2D eigenvalue weighted by Gasteiger charge is -2.21. The van der Waals surface area contributed by atoms with Gasteiger partial charge in [0.1, 0.15) is 0 Å². The number of nitrogens with one attached hydrogen (secondary N) is 1. The van der Waals surface area contributed by atoms with Crippen LogP contribution in [0.3, 0.4) is 0 Å². The molecular weight excluding hydrogens is 164 g/mol. The van der Waals surface area contributed by atoms with Gasteiger partial charge in [-0.25, -0.2) is 5.48 Å². The van der Waals surface area contributed by atoms with Gasteiger partial charge in [-0.15, -0.1) is 0 Å². The van der Waals surface area contributed by atoms with Crippen LogP contribution in [0.1, 0.15) is 40.0 Å². The Morgan fingerprint density at radius 2 is 2.08 bits per heavy atom. The number of hydrogen-bond acceptors (Lipinski definition) is 3. The van der Waals surface area contributed by atoms with Gasteiger partial charge in [-0.1, -0.05) is 0 Å². The molecule has 0 aromatic heterocycles. The van der Waals surface area contributed by atoms with Gasteiger partial charge in [-0.2, -0.15) is 5.26 Å². The lowest BCUT2D eigenvalue weighted by atomic mass is 10.0. The molecule has 0 radical (unpaired) electrons. The summed E-state index contributed by atoms with van der Waals surface area (Å²) in [5, 5.41) is 8.58. The zero-order valence-corrected chi connectivity index (χ0v) is 8.68. The Morgan fingerprint density at radius 3 is 2.46 bits per heavy atom. The molecule has 1 saturated carbocycles. The standard InChI is InChI=1S/C10H18N2O/c1-9(2,3)13-12-8-10(4-5-10)6-7-11/h12H,4-6,8H2,1-3H3. The summed E-state index contributed by atoms with van der Waals surface area (Å²) in [4.78, 5) is 5.39. The average Bonchev–Trinajstić information content (AvgIpc) is 2.67. The summed E-state index contributed by atoms with van der Waals surface area (Å²) >= 11 is 0. The Labute approximate surface area is 80.0 Å². The Bertz CT molecular complexity index is 208. The van der Waals surface area contributed by atoms with Crippen LogP contribution in [0.5, 0.6) is 0 Å². The second-order valence-electron chi connectivity index (χ2n) is 4.87. The molecule has 3 heteroatoms. The molecule has 0 spiro atoms. The molecular formula is C10H18N2O. The normalized spacial score (nSPS) is 19.5. The van der Waals surface area contributed by atoms with E-state index < -0.39 is 0 Å². The quantitative estimate of drug-likeness (QED) is 0.676. The van der Waals surface area contributed by atoms with Crippen LogP contribution in [0.25, 0.3) is 0 Å². The minimum Gasteiger partial charge on any atom is -0.296 e. The highest BCUT2D eigenvalue weighted by molar-refractivity contribution is 5.00. The molecule has 0 unspecified atom stereocenters. The van der Waals surface area contributed by atoms with E-state index in [0.717, 1.165) is 19.4 Å². The summed E-state index contributed by atoms with van der Waals surface area (Å²) in [6.07, 6.45) is 2.95. The molecule has 0 atom stereocenters. The van der Waals surface area contributed by atoms with Crippen LogP contribution in [0.4, 0.5) is 0 Å². The number of hydrogen-bond donors (Lipinski definition) is 1. The second kappa shape index (κ2) is 3.65. The van der Waals surface area contributed by atoms with Gasteiger partial charge in [0.2, 0.25) is 0 Å². The van der Waals surface area contributed by atoms with Gasteiger partial charge in [0.05, 0.1) is 11.7 Å². The first-order valence-electron chi connectivity index (χ1n) is 4.75. The van der Waals surface area contributed by atoms with Crippen molar-refractivity contribution in [3.05, 3.63) is 0 Å². The van der Waals surface area contributed by atoms with E-state index in [-0.39, 0.29) is 11.0 Å². The van der Waals surface area contributed by atoms with Crippen molar-refractivity contribution < 1.29 is 4.84 Å². The van der Waals surface area contributed by atoms with Crippen molar-refractivity contribution in [1.82, 2.24) is 5.48 Å². The third-order valence-electron chi connectivity index (χ3n) is 2.24. The van der Waals surface area contributed by atoms with E-state index in [0.29, 0.717) is 6.42 Å². The molecule has 0 heterocycles. The van der Waals surface area contributed by atoms with E-state index in [1.165, 1.54) is 0 Å². The molecule has 0 aliphatic heterocycles. The van der Waals surface area contributed by atoms with Gasteiger partial charge in [-0.3, -0.25) is 4.84 Å². The molecule has 1 aliphatic carbocycles. The first kappa shape index (κ1) is 10.5. The van der Waals surface area contributed by atoms with E-state index in [2.05, 4.69) is 11.5 Å². The monoisotopic (exact) mass is 182 g/mol. The van der Waals surface area contributed by atoms with Crippen LogP contribution in [0.2, 0.25) is 0 Å². The third kappa shape index (κ3) is 3.75. The van der Waals surface area contributed by atoms with Crippen molar-refractivity contribution in [2.45, 2.75) is 45.6 Å². The van der Waals surface area contributed by atoms with E-state index in [4.69, 9.17) is 10.1 Å². The van der Waals surface area contributed by atoms with Crippen molar-refractivity contribution in [3.63, 3.8) is 0 Å². The summed E-state index contributed by atoms with van der Waals surface area (Å²) in [5.74, 6) is 0. The lowest BCUT2D eigenvalue weighted by molar-refractivity contribution is -0.0782. The topological polar surface area (TPSA) is 45.0 Å². The summed E-state index contributed by atoms with van der Waals surface area (Å²) < 4.78 is 0. The van der Waals surface area contributed by atoms with Gasteiger partial charge in [0.15, 0.2) is 0 Å². The van der Waals surface area contributed by atoms with Crippen molar-refractivity contribution >= 4 is 0 Å². The zero-order valence-electron chi connectivity index (χ0n) is 8.68. The largest absolute Gasteiger partial charge is 0.296 e. The van der Waals surface area contributed by atoms with Crippen LogP contribution >= 0.6 is 0 Å². The number of nitriles is 1. The molecule has 1 N–H and O–H groups in total. The predicted octanol–water partition coefficient (Wildman–Crippen LogP) is 2.00. The maximum Gasteiger partial charge on any atom is 0.0812 e. The summed E-state index contributed by atoms with van der Waals surface area (Å²) in [5.41, 5.74) is 3.03. The maximum absolute atomic E-state index is 8.58. The average molecular weight is 182 g/mol. The molecule has 1 fully saturated rings. The molecule has 0 amide bonds. The molecule has 0 bridgehead atoms. The number of rotatable bonds is 4. The fraction of sp³-hybridized carbons (Fsp3) is 0.900. The van der Waals surface area contributed by atoms with E-state index in [9.17, 15) is 0 Å². The molecule has 3 nitrogen and oxygen atoms in total. The highest BCUT2D eigenvalue weighted by Crippen LogP contribution is 2.47. The van der Waals surface area contributed by atoms with Crippen LogP contribution < -0.4 is 5.48 Å². The molecule has 13 heavy (non-hydrogen) atoms. The Morgan fingerprint density at radius 1 is 1.46 bits per heavy atom. The van der Waals surface area contributed by atoms with Crippen molar-refractivity contribution in [1.29, 1.82) is 5.26 Å². The minimum atomic E-state index is -0.150. The van der Waals surface area contributed by atoms with Crippen LogP contribution in [-0.4, -0.2) is 12.1 Å². The Hall–Kier alpha value is -0.590. The summed E-state index contributed by atoms with van der Waals surface area (Å²) in [6, 6.07) is 2.22. The first-order chi connectivity index (χ1) is 5.97. The number of nitrogens with zero attached hydrogens (tertiary/aromatic N) is 1. The van der Waals surface area contributed by atoms with Crippen molar-refractivity contribution in [3.8, 4) is 6.07 Å². The SMILES string of the molecule is CC(C)(C)ONCC1(CC#N)CC1. The fourth-order valence-corrected chi connectivity index (χ4v) is 1.17. The fourth-order valence-electron chi connectivity index (χ4n) is 1.17. The second-order valence-corrected chi connectivity index (χ2v) is 4.87. The van der Waals surface area contributed by atoms with Gasteiger partial charge < -0.3 is 0 Å². The van der Waals surface area contributed by atoms with Gasteiger partial charge in [0, 0.05) is 13.0 Å². The van der Waals surface area contributed by atoms with E-state index in [1.807, 2.05) is 20.8 Å². The van der Waals surface area contributed by atoms with E-state index >= 15 is 0 Å². The minimum absolute atomic E-state index is 0.150. The van der Waals surface area contributed by atoms with Crippen LogP contribution in [0, 0.1) is 16.7 Å². The molecule has 0 aromatic carbocycles. The Kier molecular flexibility index (Phi) is 2.94. The molecule has 0 aromatic rings. The highest BCUT2D eigenvalue weighted by Gasteiger charge is 2.42. The third-order valence-corrected chi connectivity index (χ3v) is 2.24. The Balaban J connectivity index is 2.17. The highest BCUT2D eigenvalue weighted by atomic mass is 16.7. The lowest BCUT2D eigenvalue weighted by Crippen LogP contribution is -2.33. The predicted molar refractivity (Wildman–Crippen MR) is 50.7 cm³/mol. The number of hydroxylamine groups is 1. The first-order valence-corrected chi connectivity index (χ1v) is 4.75. The smallest absolute Gasteiger partial charge is 0.0812 e. The van der Waals surface area contributed by atoms with Crippen molar-refractivity contribution in [2.24, 2.45) is 5.41 Å². The summed E-state index contributed by atoms with van der Waals surface area (Å²) in [6.45, 7) is 6.81. The van der Waals surface area contributed by atoms with Gasteiger partial charge >= 0.3 is 0 Å². The summed E-state index contributed by atoms with van der Waals surface area (Å²) in [7, 11) is 0. The zero-order chi connectivity index (χ0) is 9.95. The van der Waals surface area contributed by atoms with Crippen LogP contribution in [0.15, 0.2) is 0 Å². The molecule has 74 valence electrons. The molecule has 1 aliphatic rings. The van der Waals surface area contributed by atoms with E-state index in [1.54, 1.807) is 0 Å². The molecule has 0 saturated heterocycles. The maximum atomic E-state index is 8.58. The molecule has 1 rings (SSSR count).